The molecule has 2 nitrogen and oxygen atoms in total. The summed E-state index contributed by atoms with van der Waals surface area (Å²) in [5.41, 5.74) is -2.25. The van der Waals surface area contributed by atoms with Crippen LogP contribution in [0.15, 0.2) is 47.2 Å². The van der Waals surface area contributed by atoms with Crippen molar-refractivity contribution < 1.29 is 16.7 Å². The summed E-state index contributed by atoms with van der Waals surface area (Å²) in [5, 5.41) is 0. The van der Waals surface area contributed by atoms with Gasteiger partial charge in [-0.15, -0.1) is 0 Å². The van der Waals surface area contributed by atoms with Gasteiger partial charge in [0.2, 0.25) is 0 Å². The van der Waals surface area contributed by atoms with E-state index in [4.69, 9.17) is 12.3 Å². The Kier molecular flexibility index (Phi) is 1.66. The number of halogens is 2. The van der Waals surface area contributed by atoms with Gasteiger partial charge >= 0.3 is 0 Å². The summed E-state index contributed by atoms with van der Waals surface area (Å²) in [6.07, 6.45) is 1.40. The number of aromatic nitrogens is 2. The van der Waals surface area contributed by atoms with E-state index < -0.39 is 31.8 Å². The Morgan fingerprint density at radius 1 is 1.19 bits per heavy atom. The Morgan fingerprint density at radius 3 is 2.71 bits per heavy atom. The minimum absolute atomic E-state index is 0.204. The van der Waals surface area contributed by atoms with Gasteiger partial charge in [-0.2, -0.15) is 0 Å². The van der Waals surface area contributed by atoms with Crippen LogP contribution < -0.4 is 0 Å². The van der Waals surface area contributed by atoms with E-state index in [1.54, 1.807) is 4.57 Å². The molecule has 0 aliphatic heterocycles. The Labute approximate surface area is 144 Å². The molecule has 0 aliphatic rings. The largest absolute Gasteiger partial charge is 0.299 e. The highest BCUT2D eigenvalue weighted by Gasteiger charge is 2.15. The molecule has 0 unspecified atom stereocenters. The minimum Gasteiger partial charge on any atom is -0.299 e. The van der Waals surface area contributed by atoms with Crippen molar-refractivity contribution >= 4 is 27.0 Å². The van der Waals surface area contributed by atoms with Gasteiger partial charge in [0.25, 0.3) is 0 Å². The van der Waals surface area contributed by atoms with Gasteiger partial charge in [-0.3, -0.25) is 4.57 Å². The Hall–Kier alpha value is -1.68. The summed E-state index contributed by atoms with van der Waals surface area (Å²) >= 11 is 3.10. The zero-order valence-corrected chi connectivity index (χ0v) is 12.3. The molecule has 0 fully saturated rings. The fraction of sp³-hybridized carbons (Fsp3) is 0.235. The van der Waals surface area contributed by atoms with Crippen LogP contribution in [0.3, 0.4) is 0 Å². The first-order valence-electron chi connectivity index (χ1n) is 10.5. The van der Waals surface area contributed by atoms with Crippen molar-refractivity contribution in [1.82, 2.24) is 9.55 Å². The van der Waals surface area contributed by atoms with Crippen molar-refractivity contribution in [2.24, 2.45) is 0 Å². The van der Waals surface area contributed by atoms with Crippen molar-refractivity contribution in [3.05, 3.63) is 58.6 Å². The van der Waals surface area contributed by atoms with Crippen LogP contribution in [0.1, 0.15) is 38.5 Å². The molecule has 0 N–H and O–H groups in total. The average molecular weight is 356 g/mol. The normalized spacial score (nSPS) is 20.2. The quantitative estimate of drug-likeness (QED) is 0.584. The number of hydrogen-bond donors (Lipinski definition) is 0. The third kappa shape index (κ3) is 2.60. The SMILES string of the molecule is [2H]C([2H])([2H])C(c1ccc2c(c1)ncn2-c1ccc(F)c(Br)c1)(C([2H])([2H])[2H])C([2H])([2H])[2H]. The maximum Gasteiger partial charge on any atom is 0.137 e. The summed E-state index contributed by atoms with van der Waals surface area (Å²) in [5.74, 6) is -0.455. The van der Waals surface area contributed by atoms with Crippen LogP contribution in [0.5, 0.6) is 0 Å². The van der Waals surface area contributed by atoms with Crippen LogP contribution in [-0.4, -0.2) is 9.55 Å². The molecule has 21 heavy (non-hydrogen) atoms. The number of fused-ring (bicyclic) bond motifs is 1. The van der Waals surface area contributed by atoms with E-state index in [2.05, 4.69) is 20.9 Å². The molecule has 0 saturated carbocycles. The average Bonchev–Trinajstić information content (AvgIpc) is 2.97. The zero-order chi connectivity index (χ0) is 22.7. The lowest BCUT2D eigenvalue weighted by molar-refractivity contribution is 0.591. The van der Waals surface area contributed by atoms with Gasteiger partial charge in [0.05, 0.1) is 15.5 Å². The smallest absolute Gasteiger partial charge is 0.137 e. The predicted molar refractivity (Wildman–Crippen MR) is 87.4 cm³/mol. The van der Waals surface area contributed by atoms with E-state index in [1.165, 1.54) is 42.7 Å². The Bertz CT molecular complexity index is 1060. The lowest BCUT2D eigenvalue weighted by atomic mass is 9.87. The molecule has 0 saturated heterocycles. The molecule has 1 heterocycles. The van der Waals surface area contributed by atoms with Gasteiger partial charge in [-0.05, 0) is 57.2 Å². The molecule has 0 amide bonds. The van der Waals surface area contributed by atoms with Crippen molar-refractivity contribution in [1.29, 1.82) is 0 Å². The van der Waals surface area contributed by atoms with Crippen molar-refractivity contribution in [3.63, 3.8) is 0 Å². The van der Waals surface area contributed by atoms with Crippen LogP contribution in [-0.2, 0) is 5.41 Å². The Morgan fingerprint density at radius 2 is 2.00 bits per heavy atom. The monoisotopic (exact) mass is 355 g/mol. The van der Waals surface area contributed by atoms with Crippen LogP contribution in [0.25, 0.3) is 16.7 Å². The minimum atomic E-state index is -3.35. The fourth-order valence-corrected chi connectivity index (χ4v) is 2.45. The van der Waals surface area contributed by atoms with Crippen molar-refractivity contribution in [2.45, 2.75) is 26.0 Å². The molecule has 0 atom stereocenters. The highest BCUT2D eigenvalue weighted by molar-refractivity contribution is 9.10. The summed E-state index contributed by atoms with van der Waals surface area (Å²) in [6.45, 7) is -10.0. The van der Waals surface area contributed by atoms with Gasteiger partial charge < -0.3 is 0 Å². The third-order valence-electron chi connectivity index (χ3n) is 3.16. The summed E-state index contributed by atoms with van der Waals surface area (Å²) in [6, 6.07) is 8.05. The Balaban J connectivity index is 2.27. The van der Waals surface area contributed by atoms with Gasteiger partial charge in [0, 0.05) is 18.0 Å². The second-order valence-electron chi connectivity index (χ2n) is 4.67. The third-order valence-corrected chi connectivity index (χ3v) is 3.77. The van der Waals surface area contributed by atoms with Gasteiger partial charge in [-0.25, -0.2) is 9.37 Å². The van der Waals surface area contributed by atoms with Crippen molar-refractivity contribution in [3.8, 4) is 5.69 Å². The second kappa shape index (κ2) is 4.95. The molecular formula is C17H16BrFN2. The first-order valence-corrected chi connectivity index (χ1v) is 6.83. The van der Waals surface area contributed by atoms with Crippen molar-refractivity contribution in [2.75, 3.05) is 0 Å². The van der Waals surface area contributed by atoms with Crippen LogP contribution >= 0.6 is 15.9 Å². The number of rotatable bonds is 1. The maximum absolute atomic E-state index is 13.5. The van der Waals surface area contributed by atoms with E-state index in [0.717, 1.165) is 0 Å². The maximum atomic E-state index is 13.5. The fourth-order valence-electron chi connectivity index (χ4n) is 2.09. The van der Waals surface area contributed by atoms with E-state index in [9.17, 15) is 4.39 Å². The van der Waals surface area contributed by atoms with Gasteiger partial charge in [-0.1, -0.05) is 26.6 Å². The van der Waals surface area contributed by atoms with E-state index in [-0.39, 0.29) is 15.6 Å². The zero-order valence-electron chi connectivity index (χ0n) is 19.7. The molecule has 0 aliphatic carbocycles. The van der Waals surface area contributed by atoms with E-state index in [0.29, 0.717) is 11.2 Å². The molecule has 0 bridgehead atoms. The van der Waals surface area contributed by atoms with Gasteiger partial charge in [0.1, 0.15) is 12.1 Å². The molecular weight excluding hydrogens is 331 g/mol. The molecule has 1 aromatic heterocycles. The molecule has 0 radical (unpaired) electrons. The van der Waals surface area contributed by atoms with E-state index >= 15 is 0 Å². The lowest BCUT2D eigenvalue weighted by Crippen LogP contribution is -2.10. The number of nitrogens with zero attached hydrogens (tertiary/aromatic N) is 2. The number of imidazole rings is 1. The summed E-state index contributed by atoms with van der Waals surface area (Å²) in [7, 11) is 0. The number of hydrogen-bond acceptors (Lipinski definition) is 1. The molecule has 108 valence electrons. The summed E-state index contributed by atoms with van der Waals surface area (Å²) < 4.78 is 85.8. The van der Waals surface area contributed by atoms with E-state index in [1.807, 2.05) is 0 Å². The van der Waals surface area contributed by atoms with Crippen LogP contribution in [0, 0.1) is 5.82 Å². The van der Waals surface area contributed by atoms with Crippen LogP contribution in [0.4, 0.5) is 4.39 Å². The molecule has 3 aromatic rings. The molecule has 3 rings (SSSR count). The lowest BCUT2D eigenvalue weighted by Gasteiger charge is -2.18. The van der Waals surface area contributed by atoms with Gasteiger partial charge in [0.15, 0.2) is 0 Å². The van der Waals surface area contributed by atoms with Crippen LogP contribution in [0.2, 0.25) is 0 Å². The highest BCUT2D eigenvalue weighted by atomic mass is 79.9. The first-order chi connectivity index (χ1) is 13.6. The molecule has 0 spiro atoms. The first kappa shape index (κ1) is 7.05. The topological polar surface area (TPSA) is 17.8 Å². The second-order valence-corrected chi connectivity index (χ2v) is 5.52. The summed E-state index contributed by atoms with van der Waals surface area (Å²) in [4.78, 5) is 4.17. The standard InChI is InChI=1S/C17H16BrFN2/c1-17(2,3)11-4-7-16-15(8-11)20-10-21(16)12-5-6-14(19)13(18)9-12/h4-10H,1-3H3/i1D3,2D3,3D3. The molecule has 2 aromatic carbocycles. The predicted octanol–water partition coefficient (Wildman–Crippen LogP) is 5.22. The molecule has 4 heteroatoms. The highest BCUT2D eigenvalue weighted by Crippen LogP contribution is 2.27. The number of benzene rings is 2.